The van der Waals surface area contributed by atoms with Crippen molar-refractivity contribution in [3.05, 3.63) is 10.4 Å². The maximum Gasteiger partial charge on any atom is 0.240 e. The highest BCUT2D eigenvalue weighted by Gasteiger charge is 2.55. The average Bonchev–Trinajstić information content (AvgIpc) is 2.70. The second-order valence-corrected chi connectivity index (χ2v) is 4.99. The molecule has 2 atom stereocenters. The average molecular weight is 266 g/mol. The molecule has 2 amide bonds. The quantitative estimate of drug-likeness (QED) is 0.312. The van der Waals surface area contributed by atoms with Gasteiger partial charge in [-0.1, -0.05) is 5.11 Å². The largest absolute Gasteiger partial charge is 0.368 e. The lowest BCUT2D eigenvalue weighted by atomic mass is 9.84. The molecule has 2 heterocycles. The third-order valence-corrected chi connectivity index (χ3v) is 3.98. The number of hydrogen-bond donors (Lipinski definition) is 2. The van der Waals surface area contributed by atoms with Gasteiger partial charge in [-0.05, 0) is 24.8 Å². The van der Waals surface area contributed by atoms with Crippen LogP contribution < -0.4 is 11.1 Å². The minimum absolute atomic E-state index is 0.0280. The molecule has 0 aromatic rings. The molecule has 8 heteroatoms. The maximum atomic E-state index is 12.0. The van der Waals surface area contributed by atoms with Crippen LogP contribution in [-0.4, -0.2) is 47.9 Å². The molecule has 2 unspecified atom stereocenters. The van der Waals surface area contributed by atoms with E-state index in [0.29, 0.717) is 13.1 Å². The number of nitrogens with zero attached hydrogens (tertiary/aromatic N) is 4. The molecule has 0 aromatic heterocycles. The van der Waals surface area contributed by atoms with E-state index < -0.39 is 11.4 Å². The molecule has 0 aromatic carbocycles. The molecule has 19 heavy (non-hydrogen) atoms. The molecule has 0 bridgehead atoms. The number of nitrogens with two attached hydrogens (primary N) is 1. The SMILES string of the molecule is [N-]=[N+]=NCCNC1(C(N)=O)CC(=O)N2CCCCC21. The first kappa shape index (κ1) is 13.6. The summed E-state index contributed by atoms with van der Waals surface area (Å²) in [7, 11) is 0. The van der Waals surface area contributed by atoms with E-state index in [1.165, 1.54) is 0 Å². The third-order valence-electron chi connectivity index (χ3n) is 3.98. The number of fused-ring (bicyclic) bond motifs is 1. The molecule has 0 spiro atoms. The van der Waals surface area contributed by atoms with Crippen LogP contribution in [0.15, 0.2) is 5.11 Å². The van der Waals surface area contributed by atoms with Gasteiger partial charge in [-0.25, -0.2) is 0 Å². The van der Waals surface area contributed by atoms with Gasteiger partial charge in [0.2, 0.25) is 11.8 Å². The molecule has 8 nitrogen and oxygen atoms in total. The Labute approximate surface area is 110 Å². The lowest BCUT2D eigenvalue weighted by molar-refractivity contribution is -0.129. The van der Waals surface area contributed by atoms with Crippen LogP contribution >= 0.6 is 0 Å². The Balaban J connectivity index is 2.16. The molecule has 0 saturated carbocycles. The lowest BCUT2D eigenvalue weighted by Gasteiger charge is -2.38. The standard InChI is InChI=1S/C11H18N6O2/c12-10(19)11(14-4-5-15-16-13)7-9(18)17-6-2-1-3-8(11)17/h8,14H,1-7H2,(H2,12,19). The monoisotopic (exact) mass is 266 g/mol. The Hall–Kier alpha value is -1.79. The summed E-state index contributed by atoms with van der Waals surface area (Å²) in [4.78, 5) is 28.3. The van der Waals surface area contributed by atoms with E-state index >= 15 is 0 Å². The number of nitrogens with one attached hydrogen (secondary N) is 1. The maximum absolute atomic E-state index is 12.0. The molecule has 0 radical (unpaired) electrons. The molecule has 104 valence electrons. The van der Waals surface area contributed by atoms with Gasteiger partial charge in [0.15, 0.2) is 0 Å². The van der Waals surface area contributed by atoms with Gasteiger partial charge in [0.05, 0.1) is 12.5 Å². The van der Waals surface area contributed by atoms with Crippen molar-refractivity contribution in [2.75, 3.05) is 19.6 Å². The van der Waals surface area contributed by atoms with Crippen LogP contribution in [0.4, 0.5) is 0 Å². The second kappa shape index (κ2) is 5.46. The predicted octanol–water partition coefficient (Wildman–Crippen LogP) is -0.105. The van der Waals surface area contributed by atoms with E-state index in [9.17, 15) is 9.59 Å². The number of azide groups is 1. The van der Waals surface area contributed by atoms with Crippen molar-refractivity contribution >= 4 is 11.8 Å². The minimum Gasteiger partial charge on any atom is -0.368 e. The van der Waals surface area contributed by atoms with Crippen LogP contribution in [0.1, 0.15) is 25.7 Å². The summed E-state index contributed by atoms with van der Waals surface area (Å²) in [6.07, 6.45) is 2.84. The fourth-order valence-corrected chi connectivity index (χ4v) is 3.09. The zero-order valence-electron chi connectivity index (χ0n) is 10.7. The fraction of sp³-hybridized carbons (Fsp3) is 0.818. The van der Waals surface area contributed by atoms with E-state index in [-0.39, 0.29) is 24.9 Å². The van der Waals surface area contributed by atoms with Crippen molar-refractivity contribution in [2.45, 2.75) is 37.3 Å². The molecule has 2 saturated heterocycles. The van der Waals surface area contributed by atoms with Crippen LogP contribution in [0.25, 0.3) is 10.4 Å². The highest BCUT2D eigenvalue weighted by molar-refractivity contribution is 5.96. The van der Waals surface area contributed by atoms with Crippen molar-refractivity contribution < 1.29 is 9.59 Å². The predicted molar refractivity (Wildman–Crippen MR) is 67.9 cm³/mol. The molecular formula is C11H18N6O2. The topological polar surface area (TPSA) is 124 Å². The summed E-state index contributed by atoms with van der Waals surface area (Å²) in [6, 6.07) is -0.169. The second-order valence-electron chi connectivity index (χ2n) is 4.99. The Kier molecular flexibility index (Phi) is 3.92. The first-order chi connectivity index (χ1) is 9.12. The third kappa shape index (κ3) is 2.36. The summed E-state index contributed by atoms with van der Waals surface area (Å²) >= 11 is 0. The Morgan fingerprint density at radius 3 is 3.11 bits per heavy atom. The van der Waals surface area contributed by atoms with Gasteiger partial charge >= 0.3 is 0 Å². The minimum atomic E-state index is -1.01. The molecule has 2 rings (SSSR count). The number of carbonyl (C=O) groups is 2. The zero-order valence-corrected chi connectivity index (χ0v) is 10.7. The summed E-state index contributed by atoms with van der Waals surface area (Å²) in [6.45, 7) is 1.26. The van der Waals surface area contributed by atoms with Gasteiger partial charge in [0, 0.05) is 24.5 Å². The van der Waals surface area contributed by atoms with Crippen LogP contribution in [-0.2, 0) is 9.59 Å². The van der Waals surface area contributed by atoms with E-state index in [0.717, 1.165) is 19.3 Å². The van der Waals surface area contributed by atoms with Crippen molar-refractivity contribution in [3.63, 3.8) is 0 Å². The van der Waals surface area contributed by atoms with Gasteiger partial charge in [-0.15, -0.1) is 0 Å². The Bertz CT molecular complexity index is 433. The van der Waals surface area contributed by atoms with E-state index in [4.69, 9.17) is 11.3 Å². The van der Waals surface area contributed by atoms with Crippen LogP contribution in [0.5, 0.6) is 0 Å². The van der Waals surface area contributed by atoms with Crippen molar-refractivity contribution in [2.24, 2.45) is 10.8 Å². The van der Waals surface area contributed by atoms with Crippen molar-refractivity contribution in [1.82, 2.24) is 10.2 Å². The normalized spacial score (nSPS) is 29.8. The lowest BCUT2D eigenvalue weighted by Crippen LogP contribution is -2.63. The van der Waals surface area contributed by atoms with Crippen LogP contribution in [0, 0.1) is 0 Å². The Morgan fingerprint density at radius 2 is 2.42 bits per heavy atom. The summed E-state index contributed by atoms with van der Waals surface area (Å²) in [5.41, 5.74) is 12.8. The highest BCUT2D eigenvalue weighted by Crippen LogP contribution is 2.35. The molecule has 2 fully saturated rings. The number of hydrogen-bond acceptors (Lipinski definition) is 4. The highest BCUT2D eigenvalue weighted by atomic mass is 16.2. The molecule has 2 aliphatic heterocycles. The molecule has 3 N–H and O–H groups in total. The zero-order chi connectivity index (χ0) is 13.9. The summed E-state index contributed by atoms with van der Waals surface area (Å²) in [5.74, 6) is -0.532. The van der Waals surface area contributed by atoms with E-state index in [1.54, 1.807) is 4.90 Å². The molecule has 0 aliphatic carbocycles. The van der Waals surface area contributed by atoms with Crippen LogP contribution in [0.2, 0.25) is 0 Å². The summed E-state index contributed by atoms with van der Waals surface area (Å²) in [5, 5.41) is 6.47. The first-order valence-electron chi connectivity index (χ1n) is 6.47. The van der Waals surface area contributed by atoms with E-state index in [1.807, 2.05) is 0 Å². The number of primary amides is 1. The van der Waals surface area contributed by atoms with Crippen molar-refractivity contribution in [1.29, 1.82) is 0 Å². The first-order valence-corrected chi connectivity index (χ1v) is 6.47. The number of carbonyl (C=O) groups excluding carboxylic acids is 2. The smallest absolute Gasteiger partial charge is 0.240 e. The van der Waals surface area contributed by atoms with Crippen LogP contribution in [0.3, 0.4) is 0 Å². The number of amides is 2. The number of rotatable bonds is 5. The number of piperidine rings is 1. The van der Waals surface area contributed by atoms with Gasteiger partial charge in [-0.2, -0.15) is 0 Å². The van der Waals surface area contributed by atoms with Gasteiger partial charge in [0.1, 0.15) is 5.54 Å². The van der Waals surface area contributed by atoms with Gasteiger partial charge in [0.25, 0.3) is 0 Å². The summed E-state index contributed by atoms with van der Waals surface area (Å²) < 4.78 is 0. The van der Waals surface area contributed by atoms with Gasteiger partial charge in [-0.3, -0.25) is 9.59 Å². The molecule has 2 aliphatic rings. The fourth-order valence-electron chi connectivity index (χ4n) is 3.09. The Morgan fingerprint density at radius 1 is 1.63 bits per heavy atom. The van der Waals surface area contributed by atoms with E-state index in [2.05, 4.69) is 15.3 Å². The molecular weight excluding hydrogens is 248 g/mol. The van der Waals surface area contributed by atoms with Gasteiger partial charge < -0.3 is 16.0 Å². The van der Waals surface area contributed by atoms with Crippen molar-refractivity contribution in [3.8, 4) is 0 Å².